The van der Waals surface area contributed by atoms with Gasteiger partial charge in [-0.15, -0.1) is 0 Å². The molecule has 1 heteroatoms. The van der Waals surface area contributed by atoms with Crippen molar-refractivity contribution in [1.29, 1.82) is 0 Å². The van der Waals surface area contributed by atoms with E-state index < -0.39 is 8.80 Å². The summed E-state index contributed by atoms with van der Waals surface area (Å²) in [6, 6.07) is 6.74. The summed E-state index contributed by atoms with van der Waals surface area (Å²) in [5, 5.41) is 1.67. The lowest BCUT2D eigenvalue weighted by atomic mass is 9.86. The van der Waals surface area contributed by atoms with E-state index in [0.29, 0.717) is 5.41 Å². The Bertz CT molecular complexity index is 318. The Morgan fingerprint density at radius 1 is 1.07 bits per heavy atom. The van der Waals surface area contributed by atoms with Gasteiger partial charge >= 0.3 is 0 Å². The van der Waals surface area contributed by atoms with Crippen molar-refractivity contribution in [3.63, 3.8) is 0 Å². The first kappa shape index (κ1) is 11.5. The van der Waals surface area contributed by atoms with Gasteiger partial charge < -0.3 is 0 Å². The van der Waals surface area contributed by atoms with Gasteiger partial charge in [-0.05, 0) is 17.9 Å². The minimum Gasteiger partial charge on any atom is -0.0682 e. The fourth-order valence-electron chi connectivity index (χ4n) is 2.10. The van der Waals surface area contributed by atoms with E-state index in [9.17, 15) is 0 Å². The van der Waals surface area contributed by atoms with Crippen molar-refractivity contribution in [3.05, 3.63) is 29.3 Å². The van der Waals surface area contributed by atoms with Gasteiger partial charge in [0.1, 0.15) is 0 Å². The van der Waals surface area contributed by atoms with Crippen LogP contribution in [-0.4, -0.2) is 8.80 Å². The summed E-state index contributed by atoms with van der Waals surface area (Å²) in [7, 11) is -0.707. The standard InChI is InChI=1S/C13H22Si/c1-10-8-7-9-11(13(2,3)4)12(10)14(5)6/h7-9,14H,1-6H3. The highest BCUT2D eigenvalue weighted by molar-refractivity contribution is 6.71. The van der Waals surface area contributed by atoms with Crippen LogP contribution in [0.15, 0.2) is 18.2 Å². The van der Waals surface area contributed by atoms with Crippen LogP contribution in [0.4, 0.5) is 0 Å². The van der Waals surface area contributed by atoms with Gasteiger partial charge in [-0.25, -0.2) is 0 Å². The summed E-state index contributed by atoms with van der Waals surface area (Å²) in [5.74, 6) is 0. The number of hydrogen-bond acceptors (Lipinski definition) is 0. The largest absolute Gasteiger partial charge is 0.0682 e. The summed E-state index contributed by atoms with van der Waals surface area (Å²) in [6.07, 6.45) is 0. The molecule has 0 aliphatic rings. The summed E-state index contributed by atoms with van der Waals surface area (Å²) < 4.78 is 0. The van der Waals surface area contributed by atoms with Gasteiger partial charge in [0.25, 0.3) is 0 Å². The molecule has 0 aliphatic heterocycles. The Morgan fingerprint density at radius 3 is 2.00 bits per heavy atom. The normalized spacial score (nSPS) is 12.2. The van der Waals surface area contributed by atoms with Crippen molar-refractivity contribution in [2.24, 2.45) is 0 Å². The zero-order valence-electron chi connectivity index (χ0n) is 10.3. The Morgan fingerprint density at radius 2 is 1.64 bits per heavy atom. The molecule has 0 aliphatic carbocycles. The molecule has 0 atom stereocenters. The van der Waals surface area contributed by atoms with Crippen LogP contribution in [0.1, 0.15) is 31.9 Å². The van der Waals surface area contributed by atoms with Crippen molar-refractivity contribution < 1.29 is 0 Å². The highest BCUT2D eigenvalue weighted by Gasteiger charge is 2.20. The molecule has 0 N–H and O–H groups in total. The first-order valence-electron chi connectivity index (χ1n) is 5.44. The summed E-state index contributed by atoms with van der Waals surface area (Å²) in [6.45, 7) is 14.0. The van der Waals surface area contributed by atoms with Crippen LogP contribution in [0, 0.1) is 6.92 Å². The van der Waals surface area contributed by atoms with Crippen molar-refractivity contribution >= 4 is 14.0 Å². The third kappa shape index (κ3) is 2.27. The molecule has 0 amide bonds. The molecule has 0 nitrogen and oxygen atoms in total. The molecule has 0 saturated carbocycles. The number of aryl methyl sites for hydroxylation is 1. The quantitative estimate of drug-likeness (QED) is 0.620. The maximum Gasteiger partial charge on any atom is 0.0654 e. The highest BCUT2D eigenvalue weighted by atomic mass is 28.3. The monoisotopic (exact) mass is 206 g/mol. The number of benzene rings is 1. The molecular weight excluding hydrogens is 184 g/mol. The van der Waals surface area contributed by atoms with Crippen LogP contribution in [-0.2, 0) is 5.41 Å². The first-order chi connectivity index (χ1) is 6.34. The van der Waals surface area contributed by atoms with Crippen molar-refractivity contribution in [1.82, 2.24) is 0 Å². The SMILES string of the molecule is Cc1cccc(C(C)(C)C)c1[SiH](C)C. The average molecular weight is 206 g/mol. The molecule has 1 aromatic rings. The van der Waals surface area contributed by atoms with Crippen LogP contribution >= 0.6 is 0 Å². The molecule has 14 heavy (non-hydrogen) atoms. The third-order valence-corrected chi connectivity index (χ3v) is 4.63. The maximum atomic E-state index is 2.41. The van der Waals surface area contributed by atoms with Crippen molar-refractivity contribution in [2.75, 3.05) is 0 Å². The van der Waals surface area contributed by atoms with E-state index in [4.69, 9.17) is 0 Å². The second-order valence-electron chi connectivity index (χ2n) is 5.44. The maximum absolute atomic E-state index is 2.41. The molecule has 0 saturated heterocycles. The topological polar surface area (TPSA) is 0 Å². The Kier molecular flexibility index (Phi) is 3.20. The minimum absolute atomic E-state index is 0.290. The molecule has 0 heterocycles. The van der Waals surface area contributed by atoms with Gasteiger partial charge in [0.05, 0.1) is 8.80 Å². The molecule has 0 fully saturated rings. The van der Waals surface area contributed by atoms with Crippen LogP contribution in [0.3, 0.4) is 0 Å². The Balaban J connectivity index is 3.36. The van der Waals surface area contributed by atoms with E-state index in [2.05, 4.69) is 59.0 Å². The third-order valence-electron chi connectivity index (χ3n) is 2.71. The average Bonchev–Trinajstić information content (AvgIpc) is 2.01. The van der Waals surface area contributed by atoms with E-state index in [1.807, 2.05) is 0 Å². The second kappa shape index (κ2) is 3.89. The van der Waals surface area contributed by atoms with Gasteiger partial charge in [-0.3, -0.25) is 0 Å². The lowest BCUT2D eigenvalue weighted by Gasteiger charge is -2.26. The minimum atomic E-state index is -0.707. The van der Waals surface area contributed by atoms with Gasteiger partial charge in [0, 0.05) is 0 Å². The second-order valence-corrected chi connectivity index (χ2v) is 8.33. The lowest BCUT2D eigenvalue weighted by Crippen LogP contribution is -2.34. The molecule has 78 valence electrons. The molecule has 0 bridgehead atoms. The first-order valence-corrected chi connectivity index (χ1v) is 8.32. The molecule has 0 unspecified atom stereocenters. The molecular formula is C13H22Si. The fraction of sp³-hybridized carbons (Fsp3) is 0.538. The highest BCUT2D eigenvalue weighted by Crippen LogP contribution is 2.21. The zero-order valence-corrected chi connectivity index (χ0v) is 11.5. The Hall–Kier alpha value is -0.563. The Labute approximate surface area is 90.0 Å². The smallest absolute Gasteiger partial charge is 0.0654 e. The lowest BCUT2D eigenvalue weighted by molar-refractivity contribution is 0.593. The van der Waals surface area contributed by atoms with Crippen molar-refractivity contribution in [3.8, 4) is 0 Å². The molecule has 0 spiro atoms. The van der Waals surface area contributed by atoms with Crippen LogP contribution < -0.4 is 5.19 Å². The van der Waals surface area contributed by atoms with Crippen LogP contribution in [0.5, 0.6) is 0 Å². The number of rotatable bonds is 1. The van der Waals surface area contributed by atoms with E-state index >= 15 is 0 Å². The number of hydrogen-bond donors (Lipinski definition) is 0. The van der Waals surface area contributed by atoms with Crippen LogP contribution in [0.25, 0.3) is 0 Å². The van der Waals surface area contributed by atoms with Gasteiger partial charge in [0.2, 0.25) is 0 Å². The predicted octanol–water partition coefficient (Wildman–Crippen LogP) is 2.99. The summed E-state index contributed by atoms with van der Waals surface area (Å²) >= 11 is 0. The predicted molar refractivity (Wildman–Crippen MR) is 68.4 cm³/mol. The van der Waals surface area contributed by atoms with E-state index in [1.54, 1.807) is 10.8 Å². The summed E-state index contributed by atoms with van der Waals surface area (Å²) in [4.78, 5) is 0. The van der Waals surface area contributed by atoms with Gasteiger partial charge in [-0.1, -0.05) is 62.8 Å². The van der Waals surface area contributed by atoms with E-state index in [1.165, 1.54) is 5.56 Å². The summed E-state index contributed by atoms with van der Waals surface area (Å²) in [5.41, 5.74) is 3.33. The fourth-order valence-corrected chi connectivity index (χ4v) is 4.26. The van der Waals surface area contributed by atoms with Crippen molar-refractivity contribution in [2.45, 2.75) is 46.2 Å². The zero-order chi connectivity index (χ0) is 10.9. The molecule has 1 rings (SSSR count). The van der Waals surface area contributed by atoms with E-state index in [-0.39, 0.29) is 0 Å². The molecule has 0 aromatic heterocycles. The molecule has 1 aromatic carbocycles. The van der Waals surface area contributed by atoms with Crippen LogP contribution in [0.2, 0.25) is 13.1 Å². The van der Waals surface area contributed by atoms with Gasteiger partial charge in [-0.2, -0.15) is 0 Å². The molecule has 0 radical (unpaired) electrons. The van der Waals surface area contributed by atoms with E-state index in [0.717, 1.165) is 0 Å². The van der Waals surface area contributed by atoms with Gasteiger partial charge in [0.15, 0.2) is 0 Å².